The Morgan fingerprint density at radius 1 is 1.21 bits per heavy atom. The van der Waals surface area contributed by atoms with Gasteiger partial charge in [0.1, 0.15) is 10.7 Å². The van der Waals surface area contributed by atoms with Crippen molar-refractivity contribution >= 4 is 23.9 Å². The minimum atomic E-state index is -0.680. The minimum Gasteiger partial charge on any atom is -0.497 e. The molecule has 0 aliphatic heterocycles. The van der Waals surface area contributed by atoms with Gasteiger partial charge in [-0.1, -0.05) is 12.1 Å². The molecular weight excluding hydrogens is 368 g/mol. The molecule has 0 spiro atoms. The molecule has 0 bridgehead atoms. The molecule has 0 radical (unpaired) electrons. The third-order valence-corrected chi connectivity index (χ3v) is 3.65. The minimum absolute atomic E-state index is 0.120. The van der Waals surface area contributed by atoms with Crippen molar-refractivity contribution in [2.45, 2.75) is 19.3 Å². The number of carbonyl (C=O) groups excluding carboxylic acids is 2. The average Bonchev–Trinajstić information content (AvgIpc) is 3.16. The van der Waals surface area contributed by atoms with Crippen LogP contribution in [0, 0.1) is 10.1 Å². The van der Waals surface area contributed by atoms with Gasteiger partial charge in [0.15, 0.2) is 5.76 Å². The molecule has 28 heavy (non-hydrogen) atoms. The van der Waals surface area contributed by atoms with Crippen molar-refractivity contribution in [3.63, 3.8) is 0 Å². The Kier molecular flexibility index (Phi) is 7.70. The van der Waals surface area contributed by atoms with E-state index in [4.69, 9.17) is 9.15 Å². The topological polar surface area (TPSA) is 136 Å². The molecule has 2 aromatic rings. The number of hydrazone groups is 1. The number of benzene rings is 1. The normalized spacial score (nSPS) is 10.6. The zero-order valence-electron chi connectivity index (χ0n) is 15.2. The number of nitrogens with one attached hydrogen (secondary N) is 2. The lowest BCUT2D eigenvalue weighted by molar-refractivity contribution is -0.402. The molecule has 0 unspecified atom stereocenters. The van der Waals surface area contributed by atoms with E-state index in [2.05, 4.69) is 15.8 Å². The highest BCUT2D eigenvalue weighted by molar-refractivity contribution is 5.85. The Morgan fingerprint density at radius 2 is 1.96 bits per heavy atom. The number of furan rings is 1. The van der Waals surface area contributed by atoms with Gasteiger partial charge in [-0.15, -0.1) is 0 Å². The lowest BCUT2D eigenvalue weighted by atomic mass is 10.1. The highest BCUT2D eigenvalue weighted by Gasteiger charge is 2.10. The van der Waals surface area contributed by atoms with Gasteiger partial charge in [-0.25, -0.2) is 5.43 Å². The molecule has 1 aromatic heterocycles. The van der Waals surface area contributed by atoms with Gasteiger partial charge in [0.2, 0.25) is 5.91 Å². The largest absolute Gasteiger partial charge is 0.497 e. The van der Waals surface area contributed by atoms with E-state index >= 15 is 0 Å². The SMILES string of the molecule is COc1ccc(CCCC(=O)NCC(=O)N/N=C/c2ccc([N+](=O)[O-])o2)cc1. The van der Waals surface area contributed by atoms with Crippen molar-refractivity contribution in [1.29, 1.82) is 0 Å². The summed E-state index contributed by atoms with van der Waals surface area (Å²) in [6, 6.07) is 10.1. The van der Waals surface area contributed by atoms with Gasteiger partial charge in [-0.3, -0.25) is 19.7 Å². The van der Waals surface area contributed by atoms with Crippen LogP contribution in [-0.4, -0.2) is 36.6 Å². The van der Waals surface area contributed by atoms with Crippen LogP contribution in [0.25, 0.3) is 0 Å². The Morgan fingerprint density at radius 3 is 2.61 bits per heavy atom. The maximum absolute atomic E-state index is 11.8. The molecule has 0 saturated heterocycles. The van der Waals surface area contributed by atoms with Gasteiger partial charge >= 0.3 is 5.88 Å². The lowest BCUT2D eigenvalue weighted by Gasteiger charge is -2.05. The third-order valence-electron chi connectivity index (χ3n) is 3.65. The van der Waals surface area contributed by atoms with E-state index in [1.807, 2.05) is 24.3 Å². The number of hydrogen-bond donors (Lipinski definition) is 2. The lowest BCUT2D eigenvalue weighted by Crippen LogP contribution is -2.34. The molecule has 10 nitrogen and oxygen atoms in total. The van der Waals surface area contributed by atoms with Crippen molar-refractivity contribution in [1.82, 2.24) is 10.7 Å². The number of nitrogens with zero attached hydrogens (tertiary/aromatic N) is 2. The summed E-state index contributed by atoms with van der Waals surface area (Å²) < 4.78 is 9.93. The molecule has 2 amide bonds. The van der Waals surface area contributed by atoms with E-state index in [9.17, 15) is 19.7 Å². The summed E-state index contributed by atoms with van der Waals surface area (Å²) in [5.41, 5.74) is 3.29. The van der Waals surface area contributed by atoms with E-state index < -0.39 is 16.7 Å². The fourth-order valence-corrected chi connectivity index (χ4v) is 2.23. The van der Waals surface area contributed by atoms with Gasteiger partial charge in [-0.2, -0.15) is 5.10 Å². The van der Waals surface area contributed by atoms with Gasteiger partial charge in [0.25, 0.3) is 5.91 Å². The zero-order valence-corrected chi connectivity index (χ0v) is 15.2. The Labute approximate surface area is 160 Å². The van der Waals surface area contributed by atoms with Crippen LogP contribution < -0.4 is 15.5 Å². The summed E-state index contributed by atoms with van der Waals surface area (Å²) in [5.74, 6) is -0.292. The average molecular weight is 388 g/mol. The predicted octanol–water partition coefficient (Wildman–Crippen LogP) is 1.79. The maximum Gasteiger partial charge on any atom is 0.433 e. The van der Waals surface area contributed by atoms with E-state index in [1.165, 1.54) is 12.1 Å². The zero-order chi connectivity index (χ0) is 20.4. The number of aryl methyl sites for hydroxylation is 1. The van der Waals surface area contributed by atoms with Crippen LogP contribution in [0.15, 0.2) is 45.9 Å². The molecule has 0 atom stereocenters. The first-order valence-corrected chi connectivity index (χ1v) is 8.43. The van der Waals surface area contributed by atoms with E-state index in [1.54, 1.807) is 7.11 Å². The molecule has 0 fully saturated rings. The first kappa shape index (κ1) is 20.6. The molecule has 2 rings (SSSR count). The van der Waals surface area contributed by atoms with E-state index in [0.29, 0.717) is 12.8 Å². The highest BCUT2D eigenvalue weighted by atomic mass is 16.6. The summed E-state index contributed by atoms with van der Waals surface area (Å²) in [7, 11) is 1.60. The summed E-state index contributed by atoms with van der Waals surface area (Å²) in [6.45, 7) is -0.225. The molecule has 0 aliphatic rings. The number of methoxy groups -OCH3 is 1. The smallest absolute Gasteiger partial charge is 0.433 e. The summed E-state index contributed by atoms with van der Waals surface area (Å²) >= 11 is 0. The van der Waals surface area contributed by atoms with Crippen LogP contribution in [0.1, 0.15) is 24.2 Å². The van der Waals surface area contributed by atoms with Gasteiger partial charge in [-0.05, 0) is 36.6 Å². The van der Waals surface area contributed by atoms with Crippen LogP contribution in [0.3, 0.4) is 0 Å². The maximum atomic E-state index is 11.8. The molecule has 2 N–H and O–H groups in total. The summed E-state index contributed by atoms with van der Waals surface area (Å²) in [6.07, 6.45) is 2.80. The van der Waals surface area contributed by atoms with Gasteiger partial charge in [0, 0.05) is 6.42 Å². The number of ether oxygens (including phenoxy) is 1. The quantitative estimate of drug-likeness (QED) is 0.362. The number of rotatable bonds is 10. The fraction of sp³-hybridized carbons (Fsp3) is 0.278. The molecule has 10 heteroatoms. The molecule has 0 saturated carbocycles. The van der Waals surface area contributed by atoms with Crippen LogP contribution in [0.4, 0.5) is 5.88 Å². The number of carbonyl (C=O) groups is 2. The third kappa shape index (κ3) is 6.90. The van der Waals surface area contributed by atoms with E-state index in [0.717, 1.165) is 23.9 Å². The Balaban J connectivity index is 1.62. The highest BCUT2D eigenvalue weighted by Crippen LogP contribution is 2.14. The van der Waals surface area contributed by atoms with Crippen molar-refractivity contribution < 1.29 is 23.7 Å². The van der Waals surface area contributed by atoms with Crippen molar-refractivity contribution in [3.05, 3.63) is 57.8 Å². The molecule has 1 heterocycles. The predicted molar refractivity (Wildman–Crippen MR) is 100 cm³/mol. The van der Waals surface area contributed by atoms with Crippen molar-refractivity contribution in [2.24, 2.45) is 5.10 Å². The number of nitro groups is 1. The molecular formula is C18H20N4O6. The fourth-order valence-electron chi connectivity index (χ4n) is 2.23. The number of amides is 2. The van der Waals surface area contributed by atoms with E-state index in [-0.39, 0.29) is 18.2 Å². The molecule has 148 valence electrons. The molecule has 0 aliphatic carbocycles. The monoisotopic (exact) mass is 388 g/mol. The summed E-state index contributed by atoms with van der Waals surface area (Å²) in [5, 5.41) is 16.6. The Bertz CT molecular complexity index is 844. The Hall–Kier alpha value is -3.69. The first-order valence-electron chi connectivity index (χ1n) is 8.43. The van der Waals surface area contributed by atoms with Crippen LogP contribution in [0.5, 0.6) is 5.75 Å². The second kappa shape index (κ2) is 10.5. The van der Waals surface area contributed by atoms with Crippen molar-refractivity contribution in [2.75, 3.05) is 13.7 Å². The number of hydrogen-bond acceptors (Lipinski definition) is 7. The molecule has 1 aromatic carbocycles. The standard InChI is InChI=1S/C18H20N4O6/c1-27-14-7-5-13(6-8-14)3-2-4-16(23)19-12-17(24)21-20-11-15-9-10-18(28-15)22(25)26/h5-11H,2-4,12H2,1H3,(H,19,23)(H,21,24)/b20-11+. The van der Waals surface area contributed by atoms with Crippen molar-refractivity contribution in [3.8, 4) is 5.75 Å². The second-order valence-electron chi connectivity index (χ2n) is 5.70. The first-order chi connectivity index (χ1) is 13.5. The van der Waals surface area contributed by atoms with Gasteiger partial charge < -0.3 is 14.5 Å². The van der Waals surface area contributed by atoms with Crippen LogP contribution in [-0.2, 0) is 16.0 Å². The van der Waals surface area contributed by atoms with Gasteiger partial charge in [0.05, 0.1) is 25.9 Å². The van der Waals surface area contributed by atoms with Crippen LogP contribution in [0.2, 0.25) is 0 Å². The second-order valence-corrected chi connectivity index (χ2v) is 5.70. The summed E-state index contributed by atoms with van der Waals surface area (Å²) in [4.78, 5) is 33.2. The van der Waals surface area contributed by atoms with Crippen LogP contribution >= 0.6 is 0 Å².